The average Bonchev–Trinajstić information content (AvgIpc) is 2.73. The molecule has 3 rings (SSSR count). The summed E-state index contributed by atoms with van der Waals surface area (Å²) < 4.78 is 0. The van der Waals surface area contributed by atoms with Gasteiger partial charge in [0.05, 0.1) is 0 Å². The molecule has 1 amide bonds. The molecule has 0 saturated carbocycles. The average molecular weight is 362 g/mol. The van der Waals surface area contributed by atoms with Crippen LogP contribution in [0, 0.1) is 0 Å². The van der Waals surface area contributed by atoms with Crippen LogP contribution in [0.4, 0.5) is 5.82 Å². The van der Waals surface area contributed by atoms with Gasteiger partial charge in [-0.15, -0.1) is 6.58 Å². The number of hydrogen-bond acceptors (Lipinski definition) is 4. The first-order chi connectivity index (χ1) is 13.3. The van der Waals surface area contributed by atoms with Gasteiger partial charge in [-0.1, -0.05) is 48.6 Å². The normalized spacial score (nSPS) is 15.0. The summed E-state index contributed by atoms with van der Waals surface area (Å²) in [5.74, 6) is 0.768. The summed E-state index contributed by atoms with van der Waals surface area (Å²) in [6, 6.07) is 14.0. The Labute approximate surface area is 161 Å². The Kier molecular flexibility index (Phi) is 6.77. The zero-order chi connectivity index (χ0) is 18.9. The number of aromatic nitrogens is 1. The van der Waals surface area contributed by atoms with Crippen LogP contribution in [0.1, 0.15) is 15.9 Å². The lowest BCUT2D eigenvalue weighted by Gasteiger charge is -2.35. The smallest absolute Gasteiger partial charge is 0.251 e. The molecule has 5 heteroatoms. The van der Waals surface area contributed by atoms with Crippen LogP contribution < -0.4 is 10.2 Å². The molecule has 1 aliphatic heterocycles. The van der Waals surface area contributed by atoms with Crippen LogP contribution in [0.5, 0.6) is 0 Å². The monoisotopic (exact) mass is 362 g/mol. The van der Waals surface area contributed by atoms with Crippen molar-refractivity contribution in [2.75, 3.05) is 44.2 Å². The number of rotatable bonds is 7. The topological polar surface area (TPSA) is 48.5 Å². The number of hydrogen-bond donors (Lipinski definition) is 1. The molecular weight excluding hydrogens is 336 g/mol. The number of carbonyl (C=O) groups is 1. The molecule has 0 bridgehead atoms. The molecule has 1 N–H and O–H groups in total. The summed E-state index contributed by atoms with van der Waals surface area (Å²) in [5, 5.41) is 2.80. The van der Waals surface area contributed by atoms with Crippen LogP contribution in [0.25, 0.3) is 6.08 Å². The van der Waals surface area contributed by atoms with Gasteiger partial charge in [0.25, 0.3) is 5.91 Å². The number of nitrogens with one attached hydrogen (secondary N) is 1. The van der Waals surface area contributed by atoms with Crippen molar-refractivity contribution in [3.05, 3.63) is 78.5 Å². The first kappa shape index (κ1) is 18.9. The summed E-state index contributed by atoms with van der Waals surface area (Å²) in [6.07, 6.45) is 7.76. The SMILES string of the molecule is C=CCNC(=O)c1ccnc(N2CCN(C/C=C/c3ccccc3)CC2)c1. The van der Waals surface area contributed by atoms with Gasteiger partial charge in [-0.3, -0.25) is 9.69 Å². The summed E-state index contributed by atoms with van der Waals surface area (Å²) in [6.45, 7) is 8.80. The highest BCUT2D eigenvalue weighted by Crippen LogP contribution is 2.15. The largest absolute Gasteiger partial charge is 0.354 e. The van der Waals surface area contributed by atoms with E-state index in [-0.39, 0.29) is 5.91 Å². The molecular formula is C22H26N4O. The predicted octanol–water partition coefficient (Wildman–Crippen LogP) is 2.83. The molecule has 0 aliphatic carbocycles. The summed E-state index contributed by atoms with van der Waals surface area (Å²) >= 11 is 0. The van der Waals surface area contributed by atoms with Crippen molar-refractivity contribution in [1.82, 2.24) is 15.2 Å². The lowest BCUT2D eigenvalue weighted by atomic mass is 10.2. The standard InChI is InChI=1S/C22H26N4O/c1-2-11-24-22(27)20-10-12-23-21(18-20)26-16-14-25(15-17-26)13-6-9-19-7-4-3-5-8-19/h2-10,12,18H,1,11,13-17H2,(H,24,27)/b9-6+. The molecule has 1 aliphatic rings. The summed E-state index contributed by atoms with van der Waals surface area (Å²) in [7, 11) is 0. The third-order valence-electron chi connectivity index (χ3n) is 4.58. The number of benzene rings is 1. The predicted molar refractivity (Wildman–Crippen MR) is 111 cm³/mol. The minimum Gasteiger partial charge on any atom is -0.354 e. The van der Waals surface area contributed by atoms with Crippen LogP contribution in [0.15, 0.2) is 67.4 Å². The fourth-order valence-electron chi connectivity index (χ4n) is 3.06. The molecule has 1 fully saturated rings. The lowest BCUT2D eigenvalue weighted by Crippen LogP contribution is -2.46. The third-order valence-corrected chi connectivity index (χ3v) is 4.58. The zero-order valence-corrected chi connectivity index (χ0v) is 15.6. The third kappa shape index (κ3) is 5.53. The molecule has 5 nitrogen and oxygen atoms in total. The molecule has 0 atom stereocenters. The van der Waals surface area contributed by atoms with Gasteiger partial charge in [0.15, 0.2) is 0 Å². The van der Waals surface area contributed by atoms with E-state index in [0.29, 0.717) is 12.1 Å². The first-order valence-corrected chi connectivity index (χ1v) is 9.30. The number of anilines is 1. The van der Waals surface area contributed by atoms with Crippen molar-refractivity contribution in [3.63, 3.8) is 0 Å². The molecule has 1 aromatic carbocycles. The molecule has 140 valence electrons. The van der Waals surface area contributed by atoms with E-state index in [2.05, 4.69) is 63.1 Å². The molecule has 0 unspecified atom stereocenters. The molecule has 1 saturated heterocycles. The minimum atomic E-state index is -0.0942. The molecule has 0 radical (unpaired) electrons. The fourth-order valence-corrected chi connectivity index (χ4v) is 3.06. The van der Waals surface area contributed by atoms with Crippen LogP contribution in [-0.2, 0) is 0 Å². The van der Waals surface area contributed by atoms with Crippen molar-refractivity contribution in [2.45, 2.75) is 0 Å². The van der Waals surface area contributed by atoms with E-state index in [0.717, 1.165) is 38.5 Å². The maximum atomic E-state index is 12.1. The highest BCUT2D eigenvalue weighted by molar-refractivity contribution is 5.94. The van der Waals surface area contributed by atoms with Gasteiger partial charge in [-0.25, -0.2) is 4.98 Å². The fraction of sp³-hybridized carbons (Fsp3) is 0.273. The number of carbonyl (C=O) groups excluding carboxylic acids is 1. The van der Waals surface area contributed by atoms with Gasteiger partial charge in [0.2, 0.25) is 0 Å². The van der Waals surface area contributed by atoms with Gasteiger partial charge < -0.3 is 10.2 Å². The van der Waals surface area contributed by atoms with Crippen molar-refractivity contribution in [1.29, 1.82) is 0 Å². The molecule has 0 spiro atoms. The highest BCUT2D eigenvalue weighted by atomic mass is 16.1. The van der Waals surface area contributed by atoms with Crippen molar-refractivity contribution >= 4 is 17.8 Å². The van der Waals surface area contributed by atoms with Crippen molar-refractivity contribution in [3.8, 4) is 0 Å². The Balaban J connectivity index is 1.51. The molecule has 1 aromatic heterocycles. The van der Waals surface area contributed by atoms with E-state index in [9.17, 15) is 4.79 Å². The van der Waals surface area contributed by atoms with Gasteiger partial charge in [-0.2, -0.15) is 0 Å². The second-order valence-corrected chi connectivity index (χ2v) is 6.50. The molecule has 2 aromatic rings. The van der Waals surface area contributed by atoms with Gasteiger partial charge >= 0.3 is 0 Å². The Bertz CT molecular complexity index is 780. The van der Waals surface area contributed by atoms with Crippen LogP contribution in [0.3, 0.4) is 0 Å². The van der Waals surface area contributed by atoms with Gasteiger partial charge in [0.1, 0.15) is 5.82 Å². The Morgan fingerprint density at radius 1 is 1.15 bits per heavy atom. The lowest BCUT2D eigenvalue weighted by molar-refractivity contribution is 0.0958. The second-order valence-electron chi connectivity index (χ2n) is 6.50. The number of nitrogens with zero attached hydrogens (tertiary/aromatic N) is 3. The number of amides is 1. The first-order valence-electron chi connectivity index (χ1n) is 9.30. The van der Waals surface area contributed by atoms with Crippen LogP contribution in [0.2, 0.25) is 0 Å². The maximum absolute atomic E-state index is 12.1. The number of piperazine rings is 1. The Hall–Kier alpha value is -2.92. The Morgan fingerprint density at radius 2 is 1.93 bits per heavy atom. The van der Waals surface area contributed by atoms with E-state index < -0.39 is 0 Å². The Morgan fingerprint density at radius 3 is 2.67 bits per heavy atom. The van der Waals surface area contributed by atoms with E-state index in [1.807, 2.05) is 12.1 Å². The van der Waals surface area contributed by atoms with E-state index in [4.69, 9.17) is 0 Å². The van der Waals surface area contributed by atoms with E-state index >= 15 is 0 Å². The summed E-state index contributed by atoms with van der Waals surface area (Å²) in [5.41, 5.74) is 1.86. The van der Waals surface area contributed by atoms with Crippen molar-refractivity contribution in [2.24, 2.45) is 0 Å². The summed E-state index contributed by atoms with van der Waals surface area (Å²) in [4.78, 5) is 21.2. The quantitative estimate of drug-likeness (QED) is 0.770. The maximum Gasteiger partial charge on any atom is 0.251 e. The van der Waals surface area contributed by atoms with Gasteiger partial charge in [-0.05, 0) is 17.7 Å². The molecule has 27 heavy (non-hydrogen) atoms. The van der Waals surface area contributed by atoms with Gasteiger partial charge in [0, 0.05) is 51.0 Å². The zero-order valence-electron chi connectivity index (χ0n) is 15.6. The van der Waals surface area contributed by atoms with E-state index in [1.54, 1.807) is 18.3 Å². The minimum absolute atomic E-state index is 0.0942. The second kappa shape index (κ2) is 9.69. The van der Waals surface area contributed by atoms with Crippen LogP contribution >= 0.6 is 0 Å². The number of pyridine rings is 1. The highest BCUT2D eigenvalue weighted by Gasteiger charge is 2.18. The van der Waals surface area contributed by atoms with Crippen LogP contribution in [-0.4, -0.2) is 55.1 Å². The van der Waals surface area contributed by atoms with E-state index in [1.165, 1.54) is 5.56 Å². The van der Waals surface area contributed by atoms with Crippen molar-refractivity contribution < 1.29 is 4.79 Å². The molecule has 2 heterocycles.